The number of unbranched alkanes of at least 4 members (excludes halogenated alkanes) is 1. The van der Waals surface area contributed by atoms with Gasteiger partial charge in [0.2, 0.25) is 0 Å². The molecular formula is C25H34ClNO9. The van der Waals surface area contributed by atoms with Gasteiger partial charge in [-0.3, -0.25) is 4.79 Å². The van der Waals surface area contributed by atoms with Gasteiger partial charge in [0.1, 0.15) is 31.2 Å². The van der Waals surface area contributed by atoms with E-state index >= 15 is 0 Å². The molecule has 1 aromatic carbocycles. The van der Waals surface area contributed by atoms with E-state index < -0.39 is 35.5 Å². The van der Waals surface area contributed by atoms with Crippen LogP contribution in [-0.4, -0.2) is 64.0 Å². The fourth-order valence-electron chi connectivity index (χ4n) is 3.98. The highest BCUT2D eigenvalue weighted by Crippen LogP contribution is 2.36. The van der Waals surface area contributed by atoms with Crippen LogP contribution < -0.4 is 4.74 Å². The van der Waals surface area contributed by atoms with E-state index in [2.05, 4.69) is 4.84 Å². The Hall–Kier alpha value is -2.66. The van der Waals surface area contributed by atoms with Crippen LogP contribution >= 0.6 is 11.6 Å². The second kappa shape index (κ2) is 15.5. The van der Waals surface area contributed by atoms with Crippen molar-refractivity contribution in [3.05, 3.63) is 63.7 Å². The summed E-state index contributed by atoms with van der Waals surface area (Å²) in [5, 5.41) is 40.7. The van der Waals surface area contributed by atoms with E-state index in [1.54, 1.807) is 36.4 Å². The van der Waals surface area contributed by atoms with Crippen molar-refractivity contribution in [1.29, 1.82) is 0 Å². The molecule has 1 aliphatic rings. The van der Waals surface area contributed by atoms with Crippen LogP contribution in [0.1, 0.15) is 39.0 Å². The van der Waals surface area contributed by atoms with E-state index in [9.17, 15) is 30.2 Å². The Kier molecular flexibility index (Phi) is 12.7. The molecule has 3 N–H and O–H groups in total. The molecular weight excluding hydrogens is 494 g/mol. The molecule has 1 aliphatic carbocycles. The smallest absolute Gasteiger partial charge is 0.306 e. The van der Waals surface area contributed by atoms with Gasteiger partial charge in [0.05, 0.1) is 12.2 Å². The average Bonchev–Trinajstić information content (AvgIpc) is 3.09. The highest BCUT2D eigenvalue weighted by molar-refractivity contribution is 6.30. The molecule has 36 heavy (non-hydrogen) atoms. The lowest BCUT2D eigenvalue weighted by molar-refractivity contribution is -0.759. The summed E-state index contributed by atoms with van der Waals surface area (Å²) in [6, 6.07) is 6.86. The number of allylic oxidation sites excluding steroid dienone is 2. The first-order valence-electron chi connectivity index (χ1n) is 11.9. The second-order valence-electron chi connectivity index (χ2n) is 8.75. The molecule has 0 spiro atoms. The van der Waals surface area contributed by atoms with Crippen molar-refractivity contribution in [3.8, 4) is 5.75 Å². The van der Waals surface area contributed by atoms with Crippen molar-refractivity contribution in [1.82, 2.24) is 0 Å². The van der Waals surface area contributed by atoms with Gasteiger partial charge >= 0.3 is 5.97 Å². The van der Waals surface area contributed by atoms with Crippen molar-refractivity contribution in [3.63, 3.8) is 0 Å². The highest BCUT2D eigenvalue weighted by atomic mass is 35.5. The summed E-state index contributed by atoms with van der Waals surface area (Å²) in [4.78, 5) is 26.1. The molecule has 0 aromatic heterocycles. The van der Waals surface area contributed by atoms with Crippen LogP contribution in [0.5, 0.6) is 5.75 Å². The van der Waals surface area contributed by atoms with E-state index in [4.69, 9.17) is 21.1 Å². The zero-order chi connectivity index (χ0) is 26.5. The van der Waals surface area contributed by atoms with Gasteiger partial charge in [0.15, 0.2) is 0 Å². The van der Waals surface area contributed by atoms with Crippen LogP contribution in [0.4, 0.5) is 0 Å². The maximum Gasteiger partial charge on any atom is 0.306 e. The van der Waals surface area contributed by atoms with Crippen LogP contribution in [0.25, 0.3) is 0 Å². The first-order valence-corrected chi connectivity index (χ1v) is 12.3. The molecule has 0 saturated heterocycles. The van der Waals surface area contributed by atoms with E-state index in [0.717, 1.165) is 0 Å². The topological polar surface area (TPSA) is 149 Å². The van der Waals surface area contributed by atoms with Crippen molar-refractivity contribution < 1.29 is 39.5 Å². The number of carbonyl (C=O) groups excluding carboxylic acids is 1. The number of aliphatic hydroxyl groups is 3. The van der Waals surface area contributed by atoms with E-state index in [1.165, 1.54) is 6.92 Å². The normalized spacial score (nSPS) is 23.6. The van der Waals surface area contributed by atoms with E-state index in [0.29, 0.717) is 30.0 Å². The lowest BCUT2D eigenvalue weighted by Gasteiger charge is -2.19. The summed E-state index contributed by atoms with van der Waals surface area (Å²) >= 11 is 5.92. The third-order valence-electron chi connectivity index (χ3n) is 5.76. The summed E-state index contributed by atoms with van der Waals surface area (Å²) < 4.78 is 10.6. The third kappa shape index (κ3) is 10.9. The minimum Gasteiger partial charge on any atom is -0.491 e. The van der Waals surface area contributed by atoms with E-state index in [1.807, 2.05) is 12.2 Å². The Bertz CT molecular complexity index is 894. The van der Waals surface area contributed by atoms with Crippen LogP contribution in [0.2, 0.25) is 5.02 Å². The quantitative estimate of drug-likeness (QED) is 0.103. The fraction of sp³-hybridized carbons (Fsp3) is 0.560. The monoisotopic (exact) mass is 527 g/mol. The Balaban J connectivity index is 1.72. The number of rotatable bonds is 15. The number of hydrogen-bond donors (Lipinski definition) is 3. The predicted molar refractivity (Wildman–Crippen MR) is 132 cm³/mol. The van der Waals surface area contributed by atoms with Gasteiger partial charge in [0.25, 0.3) is 5.09 Å². The van der Waals surface area contributed by atoms with Gasteiger partial charge in [0, 0.05) is 23.8 Å². The van der Waals surface area contributed by atoms with Crippen molar-refractivity contribution in [2.75, 3.05) is 13.2 Å². The summed E-state index contributed by atoms with van der Waals surface area (Å²) in [7, 11) is 0. The molecule has 1 unspecified atom stereocenters. The van der Waals surface area contributed by atoms with Crippen molar-refractivity contribution in [2.24, 2.45) is 11.8 Å². The van der Waals surface area contributed by atoms with E-state index in [-0.39, 0.29) is 37.9 Å². The Labute approximate surface area is 215 Å². The molecule has 0 amide bonds. The Morgan fingerprint density at radius 2 is 2.06 bits per heavy atom. The molecule has 1 saturated carbocycles. The largest absolute Gasteiger partial charge is 0.491 e. The number of halogens is 1. The molecule has 6 atom stereocenters. The third-order valence-corrected chi connectivity index (χ3v) is 6.00. The standard InChI is InChI=1S/C25H34ClNO9/c1-17(15-35-27(32)33)36-25(31)10-5-3-2-4-9-21-22(24(30)14-23(21)29)12-11-19(28)16-34-20-8-6-7-18(26)13-20/h2,4,6-8,11-13,17,19,21-24,28-30H,3,5,9-10,14-16H2,1H3/b4-2-,12-11+/t17?,19-,21-,22-,23+,24-/m1/s1. The van der Waals surface area contributed by atoms with Crippen LogP contribution in [0, 0.1) is 22.0 Å². The fourth-order valence-corrected chi connectivity index (χ4v) is 4.16. The molecule has 0 bridgehead atoms. The number of esters is 1. The van der Waals surface area contributed by atoms with Crippen molar-refractivity contribution in [2.45, 2.75) is 63.4 Å². The maximum absolute atomic E-state index is 11.8. The van der Waals surface area contributed by atoms with Gasteiger partial charge < -0.3 is 29.6 Å². The molecule has 0 heterocycles. The van der Waals surface area contributed by atoms with Gasteiger partial charge in [-0.15, -0.1) is 10.1 Å². The Morgan fingerprint density at radius 1 is 1.28 bits per heavy atom. The zero-order valence-electron chi connectivity index (χ0n) is 20.1. The molecule has 10 nitrogen and oxygen atoms in total. The second-order valence-corrected chi connectivity index (χ2v) is 9.19. The minimum atomic E-state index is -0.935. The van der Waals surface area contributed by atoms with Crippen LogP contribution in [0.3, 0.4) is 0 Å². The van der Waals surface area contributed by atoms with Crippen LogP contribution in [-0.2, 0) is 14.4 Å². The molecule has 1 fully saturated rings. The van der Waals surface area contributed by atoms with Crippen molar-refractivity contribution >= 4 is 17.6 Å². The number of ether oxygens (including phenoxy) is 2. The molecule has 2 rings (SSSR count). The molecule has 0 radical (unpaired) electrons. The first kappa shape index (κ1) is 29.6. The summed E-state index contributed by atoms with van der Waals surface area (Å²) in [6.07, 6.45) is 6.22. The average molecular weight is 528 g/mol. The summed E-state index contributed by atoms with van der Waals surface area (Å²) in [5.41, 5.74) is 0. The maximum atomic E-state index is 11.8. The number of aliphatic hydroxyl groups excluding tert-OH is 3. The molecule has 1 aromatic rings. The van der Waals surface area contributed by atoms with Gasteiger partial charge in [-0.05, 0) is 50.3 Å². The lowest BCUT2D eigenvalue weighted by Crippen LogP contribution is -2.21. The number of carbonyl (C=O) groups is 1. The molecule has 0 aliphatic heterocycles. The number of nitrogens with zero attached hydrogens (tertiary/aromatic N) is 1. The zero-order valence-corrected chi connectivity index (χ0v) is 20.9. The van der Waals surface area contributed by atoms with Gasteiger partial charge in [-0.25, -0.2) is 0 Å². The Morgan fingerprint density at radius 3 is 2.78 bits per heavy atom. The summed E-state index contributed by atoms with van der Waals surface area (Å²) in [6.45, 7) is 1.23. The summed E-state index contributed by atoms with van der Waals surface area (Å²) in [5.74, 6) is -0.439. The minimum absolute atomic E-state index is 0.0246. The lowest BCUT2D eigenvalue weighted by atomic mass is 9.89. The predicted octanol–water partition coefficient (Wildman–Crippen LogP) is 3.25. The van der Waals surface area contributed by atoms with Gasteiger partial charge in [-0.2, -0.15) is 0 Å². The molecule has 11 heteroatoms. The van der Waals surface area contributed by atoms with Crippen LogP contribution in [0.15, 0.2) is 48.6 Å². The first-order chi connectivity index (χ1) is 17.2. The highest BCUT2D eigenvalue weighted by Gasteiger charge is 2.39. The SMILES string of the molecule is CC(CO[N+](=O)[O-])OC(=O)CCC/C=C\C[C@@H]1[C@@H](/C=C/[C@@H](O)COc2cccc(Cl)c2)[C@H](O)C[C@@H]1O. The molecule has 200 valence electrons. The number of benzene rings is 1. The number of hydrogen-bond acceptors (Lipinski definition) is 9. The van der Waals surface area contributed by atoms with Gasteiger partial charge in [-0.1, -0.05) is 42.0 Å².